The number of rotatable bonds is 4. The van der Waals surface area contributed by atoms with Crippen molar-refractivity contribution in [1.29, 1.82) is 5.53 Å². The van der Waals surface area contributed by atoms with Crippen molar-refractivity contribution >= 4 is 5.91 Å². The minimum Gasteiger partial charge on any atom is -0.320 e. The molecule has 0 rings (SSSR count). The fourth-order valence-corrected chi connectivity index (χ4v) is 0.472. The first-order valence-electron chi connectivity index (χ1n) is 2.86. The Kier molecular flexibility index (Phi) is 4.91. The lowest BCUT2D eigenvalue weighted by atomic mass is 10.3. The molecule has 0 fully saturated rings. The van der Waals surface area contributed by atoms with Gasteiger partial charge in [0.25, 0.3) is 5.91 Å². The summed E-state index contributed by atoms with van der Waals surface area (Å²) in [7, 11) is 1.82. The summed E-state index contributed by atoms with van der Waals surface area (Å²) in [5, 5.41) is 5.64. The fourth-order valence-electron chi connectivity index (χ4n) is 0.472. The average Bonchev–Trinajstić information content (AvgIpc) is 1.89. The molecule has 0 bridgehead atoms. The van der Waals surface area contributed by atoms with Gasteiger partial charge in [0.15, 0.2) is 0 Å². The van der Waals surface area contributed by atoms with Crippen LogP contribution >= 0.6 is 0 Å². The topological polar surface area (TPSA) is 65.3 Å². The summed E-state index contributed by atoms with van der Waals surface area (Å²) >= 11 is 0. The van der Waals surface area contributed by atoms with Crippen LogP contribution in [-0.4, -0.2) is 19.5 Å². The molecule has 0 heterocycles. The SMILES string of the molecule is CNCCCC(=O)N=N. The van der Waals surface area contributed by atoms with Gasteiger partial charge in [0.2, 0.25) is 0 Å². The van der Waals surface area contributed by atoms with Gasteiger partial charge in [-0.05, 0) is 20.0 Å². The number of carbonyl (C=O) groups excluding carboxylic acids is 1. The van der Waals surface area contributed by atoms with Crippen LogP contribution in [0, 0.1) is 5.53 Å². The van der Waals surface area contributed by atoms with Gasteiger partial charge in [-0.15, -0.1) is 5.11 Å². The summed E-state index contributed by atoms with van der Waals surface area (Å²) in [4.78, 5) is 10.3. The smallest absolute Gasteiger partial charge is 0.264 e. The molecule has 52 valence electrons. The Morgan fingerprint density at radius 2 is 2.44 bits per heavy atom. The van der Waals surface area contributed by atoms with E-state index in [2.05, 4.69) is 10.4 Å². The minimum absolute atomic E-state index is 0.342. The lowest BCUT2D eigenvalue weighted by Gasteiger charge is -1.92. The third-order valence-electron chi connectivity index (χ3n) is 0.942. The largest absolute Gasteiger partial charge is 0.320 e. The van der Waals surface area contributed by atoms with Crippen molar-refractivity contribution < 1.29 is 4.79 Å². The summed E-state index contributed by atoms with van der Waals surface area (Å²) in [5.41, 5.74) is 6.30. The molecular formula is C5H11N3O. The van der Waals surface area contributed by atoms with Gasteiger partial charge < -0.3 is 5.32 Å². The molecular weight excluding hydrogens is 118 g/mol. The van der Waals surface area contributed by atoms with Gasteiger partial charge in [-0.2, -0.15) is 0 Å². The first kappa shape index (κ1) is 8.23. The maximum atomic E-state index is 10.3. The maximum absolute atomic E-state index is 10.3. The van der Waals surface area contributed by atoms with E-state index in [1.165, 1.54) is 0 Å². The van der Waals surface area contributed by atoms with Crippen LogP contribution in [-0.2, 0) is 4.79 Å². The maximum Gasteiger partial charge on any atom is 0.264 e. The van der Waals surface area contributed by atoms with Crippen molar-refractivity contribution in [3.63, 3.8) is 0 Å². The highest BCUT2D eigenvalue weighted by Crippen LogP contribution is 1.88. The first-order valence-corrected chi connectivity index (χ1v) is 2.86. The zero-order valence-electron chi connectivity index (χ0n) is 5.48. The van der Waals surface area contributed by atoms with Crippen molar-refractivity contribution in [1.82, 2.24) is 5.32 Å². The van der Waals surface area contributed by atoms with Crippen molar-refractivity contribution in [2.24, 2.45) is 5.11 Å². The molecule has 0 radical (unpaired) electrons. The summed E-state index contributed by atoms with van der Waals surface area (Å²) in [5.74, 6) is -0.342. The molecule has 4 heteroatoms. The minimum atomic E-state index is -0.342. The molecule has 0 aliphatic rings. The molecule has 1 amide bonds. The number of hydrogen-bond acceptors (Lipinski definition) is 3. The molecule has 0 aromatic rings. The van der Waals surface area contributed by atoms with Gasteiger partial charge in [0.1, 0.15) is 0 Å². The van der Waals surface area contributed by atoms with Crippen molar-refractivity contribution in [3.8, 4) is 0 Å². The van der Waals surface area contributed by atoms with Crippen LogP contribution in [0.3, 0.4) is 0 Å². The molecule has 4 nitrogen and oxygen atoms in total. The number of nitrogens with zero attached hydrogens (tertiary/aromatic N) is 1. The van der Waals surface area contributed by atoms with Crippen molar-refractivity contribution in [2.75, 3.05) is 13.6 Å². The molecule has 0 atom stereocenters. The van der Waals surface area contributed by atoms with Gasteiger partial charge in [-0.25, -0.2) is 5.53 Å². The molecule has 2 N–H and O–H groups in total. The number of nitrogens with one attached hydrogen (secondary N) is 2. The second kappa shape index (κ2) is 5.37. The van der Waals surface area contributed by atoms with E-state index in [-0.39, 0.29) is 5.91 Å². The lowest BCUT2D eigenvalue weighted by Crippen LogP contribution is -2.08. The highest BCUT2D eigenvalue weighted by atomic mass is 16.1. The highest BCUT2D eigenvalue weighted by Gasteiger charge is 1.94. The third kappa shape index (κ3) is 5.10. The summed E-state index contributed by atoms with van der Waals surface area (Å²) in [6.45, 7) is 0.807. The van der Waals surface area contributed by atoms with Crippen molar-refractivity contribution in [3.05, 3.63) is 0 Å². The van der Waals surface area contributed by atoms with Crippen LogP contribution in [0.15, 0.2) is 5.11 Å². The molecule has 0 aliphatic carbocycles. The Hall–Kier alpha value is -0.770. The second-order valence-corrected chi connectivity index (χ2v) is 1.71. The van der Waals surface area contributed by atoms with E-state index < -0.39 is 0 Å². The standard InChI is InChI=1S/C5H11N3O/c1-7-4-2-3-5(9)8-6/h6-7H,2-4H2,1H3. The Balaban J connectivity index is 3.07. The first-order chi connectivity index (χ1) is 4.31. The zero-order valence-corrected chi connectivity index (χ0v) is 5.48. The summed E-state index contributed by atoms with van der Waals surface area (Å²) in [6, 6.07) is 0. The Morgan fingerprint density at radius 3 is 2.89 bits per heavy atom. The van der Waals surface area contributed by atoms with E-state index in [1.807, 2.05) is 7.05 Å². The molecule has 0 aromatic carbocycles. The molecule has 0 saturated heterocycles. The second-order valence-electron chi connectivity index (χ2n) is 1.71. The van der Waals surface area contributed by atoms with Crippen LogP contribution in [0.5, 0.6) is 0 Å². The summed E-state index contributed by atoms with van der Waals surface area (Å²) in [6.07, 6.45) is 1.14. The predicted octanol–water partition coefficient (Wildman–Crippen LogP) is 0.544. The molecule has 0 unspecified atom stereocenters. The monoisotopic (exact) mass is 129 g/mol. The quantitative estimate of drug-likeness (QED) is 0.430. The van der Waals surface area contributed by atoms with Crippen LogP contribution in [0.25, 0.3) is 0 Å². The highest BCUT2D eigenvalue weighted by molar-refractivity contribution is 5.75. The zero-order chi connectivity index (χ0) is 7.11. The lowest BCUT2D eigenvalue weighted by molar-refractivity contribution is -0.118. The average molecular weight is 129 g/mol. The normalized spacial score (nSPS) is 9.00. The number of amides is 1. The van der Waals surface area contributed by atoms with Gasteiger partial charge in [0, 0.05) is 6.42 Å². The van der Waals surface area contributed by atoms with E-state index in [9.17, 15) is 4.79 Å². The van der Waals surface area contributed by atoms with Crippen LogP contribution < -0.4 is 5.32 Å². The van der Waals surface area contributed by atoms with Crippen LogP contribution in [0.1, 0.15) is 12.8 Å². The van der Waals surface area contributed by atoms with E-state index in [0.29, 0.717) is 6.42 Å². The Morgan fingerprint density at radius 1 is 1.78 bits per heavy atom. The van der Waals surface area contributed by atoms with E-state index in [4.69, 9.17) is 5.53 Å². The van der Waals surface area contributed by atoms with Gasteiger partial charge in [0.05, 0.1) is 0 Å². The molecule has 0 saturated carbocycles. The van der Waals surface area contributed by atoms with E-state index >= 15 is 0 Å². The molecule has 0 spiro atoms. The van der Waals surface area contributed by atoms with Crippen LogP contribution in [0.2, 0.25) is 0 Å². The predicted molar refractivity (Wildman–Crippen MR) is 33.3 cm³/mol. The molecule has 0 aromatic heterocycles. The van der Waals surface area contributed by atoms with Gasteiger partial charge in [-0.1, -0.05) is 0 Å². The number of carbonyl (C=O) groups is 1. The van der Waals surface area contributed by atoms with E-state index in [1.54, 1.807) is 0 Å². The van der Waals surface area contributed by atoms with E-state index in [0.717, 1.165) is 13.0 Å². The van der Waals surface area contributed by atoms with Gasteiger partial charge >= 0.3 is 0 Å². The van der Waals surface area contributed by atoms with Crippen LogP contribution in [0.4, 0.5) is 0 Å². The Bertz CT molecular complexity index is 102. The molecule has 0 aliphatic heterocycles. The van der Waals surface area contributed by atoms with Gasteiger partial charge in [-0.3, -0.25) is 4.79 Å². The van der Waals surface area contributed by atoms with Crippen molar-refractivity contribution in [2.45, 2.75) is 12.8 Å². The summed E-state index contributed by atoms with van der Waals surface area (Å²) < 4.78 is 0. The fraction of sp³-hybridized carbons (Fsp3) is 0.800. The Labute approximate surface area is 54.1 Å². The molecule has 9 heavy (non-hydrogen) atoms. The third-order valence-corrected chi connectivity index (χ3v) is 0.942. The number of hydrogen-bond donors (Lipinski definition) is 2.